The Morgan fingerprint density at radius 3 is 2.59 bits per heavy atom. The van der Waals surface area contributed by atoms with E-state index in [1.165, 1.54) is 18.9 Å². The summed E-state index contributed by atoms with van der Waals surface area (Å²) in [6.07, 6.45) is 2.93. The summed E-state index contributed by atoms with van der Waals surface area (Å²) in [5.41, 5.74) is 2.21. The molecule has 1 aliphatic rings. The van der Waals surface area contributed by atoms with Crippen molar-refractivity contribution in [3.63, 3.8) is 0 Å². The van der Waals surface area contributed by atoms with Gasteiger partial charge in [-0.1, -0.05) is 6.07 Å². The number of methoxy groups -OCH3 is 1. The molecule has 0 atom stereocenters. The van der Waals surface area contributed by atoms with Crippen LogP contribution < -0.4 is 10.1 Å². The van der Waals surface area contributed by atoms with Gasteiger partial charge in [-0.3, -0.25) is 0 Å². The van der Waals surface area contributed by atoms with Crippen LogP contribution in [-0.4, -0.2) is 34.9 Å². The fraction of sp³-hybridized carbons (Fsp3) is 0.500. The topological polar surface area (TPSA) is 55.4 Å². The molecule has 0 saturated carbocycles. The Balaban J connectivity index is 2.63. The lowest BCUT2D eigenvalue weighted by Crippen LogP contribution is -2.16. The lowest BCUT2D eigenvalue weighted by Gasteiger charge is -2.14. The minimum absolute atomic E-state index is 0.292. The van der Waals surface area contributed by atoms with Gasteiger partial charge in [-0.25, -0.2) is 8.42 Å². The van der Waals surface area contributed by atoms with Gasteiger partial charge < -0.3 is 10.1 Å². The molecule has 1 N–H and O–H groups in total. The first-order chi connectivity index (χ1) is 8.04. The zero-order chi connectivity index (χ0) is 12.5. The van der Waals surface area contributed by atoms with Crippen molar-refractivity contribution >= 4 is 9.84 Å². The van der Waals surface area contributed by atoms with Crippen molar-refractivity contribution < 1.29 is 13.2 Å². The highest BCUT2D eigenvalue weighted by Gasteiger charge is 2.21. The van der Waals surface area contributed by atoms with Gasteiger partial charge in [-0.2, -0.15) is 0 Å². The van der Waals surface area contributed by atoms with Gasteiger partial charge in [0, 0.05) is 6.26 Å². The van der Waals surface area contributed by atoms with E-state index < -0.39 is 9.84 Å². The number of hydrogen-bond acceptors (Lipinski definition) is 4. The molecule has 0 aromatic heterocycles. The van der Waals surface area contributed by atoms with E-state index in [9.17, 15) is 8.42 Å². The normalized spacial score (nSPS) is 16.1. The van der Waals surface area contributed by atoms with Crippen molar-refractivity contribution in [1.29, 1.82) is 0 Å². The fourth-order valence-corrected chi connectivity index (χ4v) is 3.09. The van der Waals surface area contributed by atoms with Gasteiger partial charge in [0.1, 0.15) is 10.6 Å². The van der Waals surface area contributed by atoms with Gasteiger partial charge in [0.25, 0.3) is 0 Å². The first kappa shape index (κ1) is 12.4. The van der Waals surface area contributed by atoms with E-state index >= 15 is 0 Å². The Hall–Kier alpha value is -1.07. The Bertz CT molecular complexity index is 523. The lowest BCUT2D eigenvalue weighted by molar-refractivity contribution is 0.397. The molecule has 0 bridgehead atoms. The number of rotatable bonds is 2. The summed E-state index contributed by atoms with van der Waals surface area (Å²) in [7, 11) is -1.71. The molecule has 1 aliphatic heterocycles. The molecule has 0 aliphatic carbocycles. The van der Waals surface area contributed by atoms with Crippen LogP contribution in [0.5, 0.6) is 5.75 Å². The highest BCUT2D eigenvalue weighted by molar-refractivity contribution is 7.90. The molecule has 4 nitrogen and oxygen atoms in total. The Morgan fingerprint density at radius 2 is 1.94 bits per heavy atom. The first-order valence-corrected chi connectivity index (χ1v) is 7.52. The maximum atomic E-state index is 11.7. The van der Waals surface area contributed by atoms with Gasteiger partial charge in [-0.05, 0) is 43.1 Å². The SMILES string of the molecule is COc1c(S(C)(=O)=O)ccc2c1CCNCC2. The first-order valence-electron chi connectivity index (χ1n) is 5.63. The number of nitrogens with one attached hydrogen (secondary N) is 1. The summed E-state index contributed by atoms with van der Waals surface area (Å²) < 4.78 is 28.7. The minimum atomic E-state index is -3.24. The van der Waals surface area contributed by atoms with E-state index in [1.807, 2.05) is 6.07 Å². The van der Waals surface area contributed by atoms with Gasteiger partial charge in [0.05, 0.1) is 7.11 Å². The number of hydrogen-bond donors (Lipinski definition) is 1. The maximum Gasteiger partial charge on any atom is 0.179 e. The molecular formula is C12H17NO3S. The molecule has 5 heteroatoms. The molecular weight excluding hydrogens is 238 g/mol. The van der Waals surface area contributed by atoms with E-state index in [2.05, 4.69) is 5.32 Å². The van der Waals surface area contributed by atoms with Gasteiger partial charge in [0.15, 0.2) is 9.84 Å². The number of fused-ring (bicyclic) bond motifs is 1. The number of sulfone groups is 1. The summed E-state index contributed by atoms with van der Waals surface area (Å²) in [4.78, 5) is 0.292. The van der Waals surface area contributed by atoms with E-state index in [4.69, 9.17) is 4.74 Å². The number of ether oxygens (including phenoxy) is 1. The molecule has 0 spiro atoms. The molecule has 0 fully saturated rings. The van der Waals surface area contributed by atoms with Crippen LogP contribution in [0.3, 0.4) is 0 Å². The van der Waals surface area contributed by atoms with Gasteiger partial charge >= 0.3 is 0 Å². The second-order valence-corrected chi connectivity index (χ2v) is 6.24. The maximum absolute atomic E-state index is 11.7. The van der Waals surface area contributed by atoms with Crippen molar-refractivity contribution in [3.8, 4) is 5.75 Å². The summed E-state index contributed by atoms with van der Waals surface area (Å²) in [6.45, 7) is 1.78. The zero-order valence-electron chi connectivity index (χ0n) is 10.1. The summed E-state index contributed by atoms with van der Waals surface area (Å²) in [5.74, 6) is 0.522. The van der Waals surface area contributed by atoms with Crippen LogP contribution in [0.1, 0.15) is 11.1 Å². The third-order valence-electron chi connectivity index (χ3n) is 3.05. The third-order valence-corrected chi connectivity index (χ3v) is 4.17. The van der Waals surface area contributed by atoms with Crippen LogP contribution >= 0.6 is 0 Å². The molecule has 0 amide bonds. The van der Waals surface area contributed by atoms with Gasteiger partial charge in [0.2, 0.25) is 0 Å². The van der Waals surface area contributed by atoms with E-state index in [-0.39, 0.29) is 0 Å². The van der Waals surface area contributed by atoms with Crippen molar-refractivity contribution in [2.75, 3.05) is 26.5 Å². The molecule has 0 unspecified atom stereocenters. The molecule has 1 aromatic carbocycles. The molecule has 0 radical (unpaired) electrons. The lowest BCUT2D eigenvalue weighted by atomic mass is 10.0. The van der Waals surface area contributed by atoms with Crippen LogP contribution in [0, 0.1) is 0 Å². The number of benzene rings is 1. The Morgan fingerprint density at radius 1 is 1.24 bits per heavy atom. The quantitative estimate of drug-likeness (QED) is 0.849. The fourth-order valence-electron chi connectivity index (χ4n) is 2.23. The third kappa shape index (κ3) is 2.45. The summed E-state index contributed by atoms with van der Waals surface area (Å²) >= 11 is 0. The van der Waals surface area contributed by atoms with Crippen LogP contribution in [0.2, 0.25) is 0 Å². The second-order valence-electron chi connectivity index (χ2n) is 4.26. The molecule has 17 heavy (non-hydrogen) atoms. The van der Waals surface area contributed by atoms with Crippen LogP contribution in [0.4, 0.5) is 0 Å². The predicted octanol–water partition coefficient (Wildman–Crippen LogP) is 0.787. The predicted molar refractivity (Wildman–Crippen MR) is 66.4 cm³/mol. The molecule has 2 rings (SSSR count). The van der Waals surface area contributed by atoms with Crippen molar-refractivity contribution in [3.05, 3.63) is 23.3 Å². The van der Waals surface area contributed by atoms with Crippen molar-refractivity contribution in [2.45, 2.75) is 17.7 Å². The zero-order valence-corrected chi connectivity index (χ0v) is 10.9. The largest absolute Gasteiger partial charge is 0.495 e. The van der Waals surface area contributed by atoms with E-state index in [0.717, 1.165) is 31.5 Å². The van der Waals surface area contributed by atoms with Crippen LogP contribution in [0.25, 0.3) is 0 Å². The highest BCUT2D eigenvalue weighted by atomic mass is 32.2. The van der Waals surface area contributed by atoms with Crippen molar-refractivity contribution in [1.82, 2.24) is 5.32 Å². The molecule has 94 valence electrons. The summed E-state index contributed by atoms with van der Waals surface area (Å²) in [6, 6.07) is 3.56. The Kier molecular flexibility index (Phi) is 3.40. The Labute approximate surface area is 102 Å². The smallest absolute Gasteiger partial charge is 0.179 e. The second kappa shape index (κ2) is 4.66. The molecule has 0 saturated heterocycles. The highest BCUT2D eigenvalue weighted by Crippen LogP contribution is 2.32. The van der Waals surface area contributed by atoms with Crippen LogP contribution in [0.15, 0.2) is 17.0 Å². The summed E-state index contributed by atoms with van der Waals surface area (Å²) in [5, 5.41) is 3.30. The van der Waals surface area contributed by atoms with Crippen LogP contribution in [-0.2, 0) is 22.7 Å². The average molecular weight is 255 g/mol. The average Bonchev–Trinajstić information content (AvgIpc) is 2.50. The van der Waals surface area contributed by atoms with E-state index in [0.29, 0.717) is 10.6 Å². The van der Waals surface area contributed by atoms with E-state index in [1.54, 1.807) is 6.07 Å². The van der Waals surface area contributed by atoms with Gasteiger partial charge in [-0.15, -0.1) is 0 Å². The minimum Gasteiger partial charge on any atom is -0.495 e. The monoisotopic (exact) mass is 255 g/mol. The van der Waals surface area contributed by atoms with Crippen molar-refractivity contribution in [2.24, 2.45) is 0 Å². The standard InChI is InChI=1S/C12H17NO3S/c1-16-12-10-6-8-13-7-5-9(10)3-4-11(12)17(2,14)15/h3-4,13H,5-8H2,1-2H3. The molecule has 1 aromatic rings. The molecule has 1 heterocycles.